The molecule has 0 bridgehead atoms. The number of nitrogens with zero attached hydrogens (tertiary/aromatic N) is 2. The molecule has 1 aromatic heterocycles. The van der Waals surface area contributed by atoms with Gasteiger partial charge in [0.1, 0.15) is 0 Å². The maximum Gasteiger partial charge on any atom is 0.254 e. The highest BCUT2D eigenvalue weighted by molar-refractivity contribution is 5.93. The highest BCUT2D eigenvalue weighted by atomic mass is 16.3. The third kappa shape index (κ3) is 3.56. The van der Waals surface area contributed by atoms with Crippen molar-refractivity contribution in [2.24, 2.45) is 5.92 Å². The van der Waals surface area contributed by atoms with Crippen molar-refractivity contribution in [2.75, 3.05) is 6.61 Å². The number of nitrogens with one attached hydrogen (secondary N) is 1. The molecule has 2 atom stereocenters. The van der Waals surface area contributed by atoms with Crippen LogP contribution in [0.4, 0.5) is 0 Å². The van der Waals surface area contributed by atoms with E-state index in [0.717, 1.165) is 32.2 Å². The van der Waals surface area contributed by atoms with E-state index in [2.05, 4.69) is 10.4 Å². The van der Waals surface area contributed by atoms with E-state index in [1.807, 2.05) is 6.92 Å². The molecule has 2 N–H and O–H groups in total. The summed E-state index contributed by atoms with van der Waals surface area (Å²) in [6, 6.07) is 0.0879. The van der Waals surface area contributed by atoms with Crippen molar-refractivity contribution < 1.29 is 9.90 Å². The van der Waals surface area contributed by atoms with Gasteiger partial charge in [-0.25, -0.2) is 0 Å². The van der Waals surface area contributed by atoms with Gasteiger partial charge in [0.15, 0.2) is 0 Å². The van der Waals surface area contributed by atoms with Crippen molar-refractivity contribution in [1.82, 2.24) is 15.1 Å². The van der Waals surface area contributed by atoms with Gasteiger partial charge in [0.05, 0.1) is 11.8 Å². The Morgan fingerprint density at radius 3 is 2.95 bits per heavy atom. The number of hydrogen-bond acceptors (Lipinski definition) is 3. The van der Waals surface area contributed by atoms with Crippen LogP contribution in [-0.4, -0.2) is 33.4 Å². The summed E-state index contributed by atoms with van der Waals surface area (Å²) >= 11 is 0. The number of aliphatic hydroxyl groups is 1. The first-order chi connectivity index (χ1) is 9.24. The fourth-order valence-electron chi connectivity index (χ4n) is 2.70. The Labute approximate surface area is 114 Å². The topological polar surface area (TPSA) is 67.2 Å². The maximum absolute atomic E-state index is 12.2. The number of carbonyl (C=O) groups excluding carboxylic acids is 1. The molecular weight excluding hydrogens is 242 g/mol. The van der Waals surface area contributed by atoms with E-state index in [4.69, 9.17) is 0 Å². The molecular formula is C14H23N3O2. The molecule has 0 saturated heterocycles. The molecule has 1 fully saturated rings. The quantitative estimate of drug-likeness (QED) is 0.812. The minimum absolute atomic E-state index is 0.0787. The fraction of sp³-hybridized carbons (Fsp3) is 0.714. The second kappa shape index (κ2) is 6.70. The van der Waals surface area contributed by atoms with Crippen LogP contribution in [0, 0.1) is 5.92 Å². The van der Waals surface area contributed by atoms with Crippen LogP contribution in [-0.2, 0) is 6.54 Å². The molecule has 106 valence electrons. The molecule has 2 unspecified atom stereocenters. The minimum Gasteiger partial charge on any atom is -0.396 e. The summed E-state index contributed by atoms with van der Waals surface area (Å²) < 4.78 is 1.74. The second-order valence-electron chi connectivity index (χ2n) is 5.25. The zero-order valence-corrected chi connectivity index (χ0v) is 11.5. The Morgan fingerprint density at radius 2 is 2.26 bits per heavy atom. The summed E-state index contributed by atoms with van der Waals surface area (Å²) in [7, 11) is 0. The lowest BCUT2D eigenvalue weighted by Crippen LogP contribution is -2.41. The normalized spacial score (nSPS) is 23.9. The van der Waals surface area contributed by atoms with E-state index in [1.54, 1.807) is 17.1 Å². The Morgan fingerprint density at radius 1 is 1.47 bits per heavy atom. The highest BCUT2D eigenvalue weighted by Crippen LogP contribution is 2.23. The van der Waals surface area contributed by atoms with E-state index in [1.165, 1.54) is 6.42 Å². The zero-order chi connectivity index (χ0) is 13.7. The van der Waals surface area contributed by atoms with Crippen LogP contribution >= 0.6 is 0 Å². The van der Waals surface area contributed by atoms with Crippen molar-refractivity contribution in [1.29, 1.82) is 0 Å². The number of hydrogen-bond donors (Lipinski definition) is 2. The molecule has 1 heterocycles. The van der Waals surface area contributed by atoms with Gasteiger partial charge in [-0.05, 0) is 19.8 Å². The maximum atomic E-state index is 12.2. The van der Waals surface area contributed by atoms with Gasteiger partial charge in [-0.1, -0.05) is 19.3 Å². The van der Waals surface area contributed by atoms with Gasteiger partial charge in [-0.2, -0.15) is 5.10 Å². The number of aliphatic hydroxyl groups excluding tert-OH is 1. The lowest BCUT2D eigenvalue weighted by molar-refractivity contribution is 0.0899. The summed E-state index contributed by atoms with van der Waals surface area (Å²) in [6.07, 6.45) is 8.77. The number of aryl methyl sites for hydroxylation is 1. The van der Waals surface area contributed by atoms with Gasteiger partial charge >= 0.3 is 0 Å². The summed E-state index contributed by atoms with van der Waals surface area (Å²) in [4.78, 5) is 12.2. The second-order valence-corrected chi connectivity index (χ2v) is 5.25. The molecule has 5 heteroatoms. The third-order valence-corrected chi connectivity index (χ3v) is 3.93. The van der Waals surface area contributed by atoms with Gasteiger partial charge in [0, 0.05) is 31.3 Å². The van der Waals surface area contributed by atoms with Crippen LogP contribution in [0.15, 0.2) is 12.4 Å². The smallest absolute Gasteiger partial charge is 0.254 e. The van der Waals surface area contributed by atoms with Gasteiger partial charge in [0.2, 0.25) is 0 Å². The predicted octanol–water partition coefficient (Wildman–Crippen LogP) is 1.57. The van der Waals surface area contributed by atoms with Crippen LogP contribution in [0.25, 0.3) is 0 Å². The Bertz CT molecular complexity index is 417. The SMILES string of the molecule is CCn1cc(C(=O)NC2CCCCCC2CO)cn1. The molecule has 1 saturated carbocycles. The largest absolute Gasteiger partial charge is 0.396 e. The molecule has 0 aliphatic heterocycles. The van der Waals surface area contributed by atoms with Crippen molar-refractivity contribution in [3.63, 3.8) is 0 Å². The lowest BCUT2D eigenvalue weighted by Gasteiger charge is -2.24. The number of amides is 1. The Balaban J connectivity index is 1.99. The summed E-state index contributed by atoms with van der Waals surface area (Å²) in [5, 5.41) is 16.6. The first-order valence-electron chi connectivity index (χ1n) is 7.18. The lowest BCUT2D eigenvalue weighted by atomic mass is 9.95. The molecule has 0 aromatic carbocycles. The molecule has 19 heavy (non-hydrogen) atoms. The van der Waals surface area contributed by atoms with Gasteiger partial charge in [-0.3, -0.25) is 9.48 Å². The number of aromatic nitrogens is 2. The molecule has 2 rings (SSSR count). The monoisotopic (exact) mass is 265 g/mol. The van der Waals surface area contributed by atoms with Crippen molar-refractivity contribution >= 4 is 5.91 Å². The molecule has 1 aliphatic carbocycles. The van der Waals surface area contributed by atoms with Crippen LogP contribution in [0.1, 0.15) is 49.4 Å². The molecule has 1 aliphatic rings. The summed E-state index contributed by atoms with van der Waals surface area (Å²) in [6.45, 7) is 2.90. The van der Waals surface area contributed by atoms with Crippen LogP contribution in [0.3, 0.4) is 0 Å². The molecule has 0 radical (unpaired) electrons. The van der Waals surface area contributed by atoms with Crippen molar-refractivity contribution in [2.45, 2.75) is 51.6 Å². The van der Waals surface area contributed by atoms with Gasteiger partial charge < -0.3 is 10.4 Å². The van der Waals surface area contributed by atoms with E-state index < -0.39 is 0 Å². The van der Waals surface area contributed by atoms with E-state index in [0.29, 0.717) is 5.56 Å². The Hall–Kier alpha value is -1.36. The Kier molecular flexibility index (Phi) is 4.96. The predicted molar refractivity (Wildman–Crippen MR) is 72.8 cm³/mol. The molecule has 1 aromatic rings. The van der Waals surface area contributed by atoms with Crippen LogP contribution < -0.4 is 5.32 Å². The first kappa shape index (κ1) is 14.1. The standard InChI is InChI=1S/C14H23N3O2/c1-2-17-9-12(8-15-17)14(19)16-13-7-5-3-4-6-11(13)10-18/h8-9,11,13,18H,2-7,10H2,1H3,(H,16,19). The van der Waals surface area contributed by atoms with E-state index in [-0.39, 0.29) is 24.5 Å². The third-order valence-electron chi connectivity index (χ3n) is 3.93. The molecule has 0 spiro atoms. The number of carbonyl (C=O) groups is 1. The van der Waals surface area contributed by atoms with Gasteiger partial charge in [0.25, 0.3) is 5.91 Å². The van der Waals surface area contributed by atoms with Crippen molar-refractivity contribution in [3.8, 4) is 0 Å². The van der Waals surface area contributed by atoms with Crippen LogP contribution in [0.2, 0.25) is 0 Å². The number of rotatable bonds is 4. The van der Waals surface area contributed by atoms with E-state index >= 15 is 0 Å². The average molecular weight is 265 g/mol. The summed E-state index contributed by atoms with van der Waals surface area (Å²) in [5.41, 5.74) is 0.600. The first-order valence-corrected chi connectivity index (χ1v) is 7.18. The van der Waals surface area contributed by atoms with Gasteiger partial charge in [-0.15, -0.1) is 0 Å². The van der Waals surface area contributed by atoms with E-state index in [9.17, 15) is 9.90 Å². The highest BCUT2D eigenvalue weighted by Gasteiger charge is 2.25. The molecule has 1 amide bonds. The zero-order valence-electron chi connectivity index (χ0n) is 11.5. The van der Waals surface area contributed by atoms with Crippen LogP contribution in [0.5, 0.6) is 0 Å². The minimum atomic E-state index is -0.0787. The fourth-order valence-corrected chi connectivity index (χ4v) is 2.70. The summed E-state index contributed by atoms with van der Waals surface area (Å²) in [5.74, 6) is 0.109. The molecule has 5 nitrogen and oxygen atoms in total. The van der Waals surface area contributed by atoms with Crippen molar-refractivity contribution in [3.05, 3.63) is 18.0 Å². The average Bonchev–Trinajstić information content (AvgIpc) is 2.80.